The van der Waals surface area contributed by atoms with Crippen LogP contribution in [0.4, 0.5) is 0 Å². The Morgan fingerprint density at radius 1 is 1.47 bits per heavy atom. The molecule has 0 radical (unpaired) electrons. The lowest BCUT2D eigenvalue weighted by molar-refractivity contribution is -0.125. The van der Waals surface area contributed by atoms with Crippen LogP contribution in [-0.4, -0.2) is 37.0 Å². The fourth-order valence-corrected chi connectivity index (χ4v) is 2.88. The number of methoxy groups -OCH3 is 1. The van der Waals surface area contributed by atoms with Gasteiger partial charge in [0.15, 0.2) is 0 Å². The van der Waals surface area contributed by atoms with E-state index in [2.05, 4.69) is 19.2 Å². The van der Waals surface area contributed by atoms with Crippen molar-refractivity contribution in [2.24, 2.45) is 5.41 Å². The third-order valence-electron chi connectivity index (χ3n) is 4.05. The molecule has 1 rings (SSSR count). The van der Waals surface area contributed by atoms with Gasteiger partial charge >= 0.3 is 0 Å². The molecule has 3 heteroatoms. The number of nitrogens with one attached hydrogen (secondary N) is 1. The van der Waals surface area contributed by atoms with Crippen LogP contribution in [0.3, 0.4) is 0 Å². The highest BCUT2D eigenvalue weighted by molar-refractivity contribution is 5.06. The zero-order chi connectivity index (χ0) is 11.5. The smallest absolute Gasteiger partial charge is 0.0657 e. The summed E-state index contributed by atoms with van der Waals surface area (Å²) in [6.45, 7) is 6.96. The average Bonchev–Trinajstić information content (AvgIpc) is 2.18. The molecule has 0 amide bonds. The minimum atomic E-state index is -0.266. The Kier molecular flexibility index (Phi) is 4.56. The van der Waals surface area contributed by atoms with Crippen LogP contribution in [0.2, 0.25) is 0 Å². The molecule has 15 heavy (non-hydrogen) atoms. The van der Waals surface area contributed by atoms with E-state index in [0.29, 0.717) is 18.7 Å². The molecule has 3 unspecified atom stereocenters. The lowest BCUT2D eigenvalue weighted by atomic mass is 9.58. The molecule has 0 aromatic rings. The van der Waals surface area contributed by atoms with E-state index in [-0.39, 0.29) is 11.5 Å². The predicted octanol–water partition coefficient (Wildman–Crippen LogP) is 1.55. The van der Waals surface area contributed by atoms with E-state index < -0.39 is 0 Å². The first-order valence-corrected chi connectivity index (χ1v) is 6.05. The van der Waals surface area contributed by atoms with Crippen LogP contribution in [0.5, 0.6) is 0 Å². The van der Waals surface area contributed by atoms with Crippen LogP contribution in [0, 0.1) is 5.41 Å². The molecule has 1 aliphatic rings. The zero-order valence-electron chi connectivity index (χ0n) is 10.4. The number of aliphatic hydroxyl groups is 1. The van der Waals surface area contributed by atoms with Gasteiger partial charge in [-0.05, 0) is 26.2 Å². The lowest BCUT2D eigenvalue weighted by Gasteiger charge is -2.55. The van der Waals surface area contributed by atoms with Crippen molar-refractivity contribution >= 4 is 0 Å². The number of hydrogen-bond donors (Lipinski definition) is 2. The minimum Gasteiger partial charge on any atom is -0.392 e. The second-order valence-electron chi connectivity index (χ2n) is 4.71. The largest absolute Gasteiger partial charge is 0.392 e. The van der Waals surface area contributed by atoms with E-state index >= 15 is 0 Å². The molecule has 1 saturated carbocycles. The normalized spacial score (nSPS) is 31.0. The molecule has 2 N–H and O–H groups in total. The van der Waals surface area contributed by atoms with Gasteiger partial charge in [-0.3, -0.25) is 0 Å². The molecule has 0 spiro atoms. The SMILES string of the molecule is CCC1(CC)C(NCC(C)O)CC1OC. The van der Waals surface area contributed by atoms with Gasteiger partial charge in [0.2, 0.25) is 0 Å². The van der Waals surface area contributed by atoms with Crippen molar-refractivity contribution < 1.29 is 9.84 Å². The maximum Gasteiger partial charge on any atom is 0.0657 e. The highest BCUT2D eigenvalue weighted by Gasteiger charge is 2.52. The summed E-state index contributed by atoms with van der Waals surface area (Å²) in [5.41, 5.74) is 0.281. The van der Waals surface area contributed by atoms with Crippen LogP contribution in [0.1, 0.15) is 40.0 Å². The van der Waals surface area contributed by atoms with Crippen molar-refractivity contribution in [3.63, 3.8) is 0 Å². The molecule has 0 saturated heterocycles. The van der Waals surface area contributed by atoms with E-state index in [1.165, 1.54) is 0 Å². The van der Waals surface area contributed by atoms with Gasteiger partial charge in [-0.1, -0.05) is 13.8 Å². The van der Waals surface area contributed by atoms with Gasteiger partial charge in [-0.25, -0.2) is 0 Å². The molecular formula is C12H25NO2. The van der Waals surface area contributed by atoms with E-state index in [0.717, 1.165) is 19.3 Å². The van der Waals surface area contributed by atoms with Gasteiger partial charge in [0.25, 0.3) is 0 Å². The summed E-state index contributed by atoms with van der Waals surface area (Å²) in [4.78, 5) is 0. The Labute approximate surface area is 93.2 Å². The standard InChI is InChI=1S/C12H25NO2/c1-5-12(6-2)10(7-11(12)15-4)13-8-9(3)14/h9-11,13-14H,5-8H2,1-4H3. The Morgan fingerprint density at radius 2 is 2.07 bits per heavy atom. The maximum atomic E-state index is 9.27. The number of ether oxygens (including phenoxy) is 1. The first kappa shape index (κ1) is 12.9. The third-order valence-corrected chi connectivity index (χ3v) is 4.05. The predicted molar refractivity (Wildman–Crippen MR) is 61.9 cm³/mol. The van der Waals surface area contributed by atoms with E-state index in [1.54, 1.807) is 7.11 Å². The van der Waals surface area contributed by atoms with Crippen molar-refractivity contribution in [2.45, 2.75) is 58.3 Å². The van der Waals surface area contributed by atoms with Crippen molar-refractivity contribution in [3.8, 4) is 0 Å². The molecule has 1 fully saturated rings. The zero-order valence-corrected chi connectivity index (χ0v) is 10.4. The summed E-state index contributed by atoms with van der Waals surface area (Å²) < 4.78 is 5.52. The Morgan fingerprint density at radius 3 is 2.47 bits per heavy atom. The minimum absolute atomic E-state index is 0.266. The summed E-state index contributed by atoms with van der Waals surface area (Å²) in [5, 5.41) is 12.7. The lowest BCUT2D eigenvalue weighted by Crippen LogP contribution is -2.63. The Hall–Kier alpha value is -0.120. The van der Waals surface area contributed by atoms with E-state index in [9.17, 15) is 5.11 Å². The van der Waals surface area contributed by atoms with Gasteiger partial charge in [0, 0.05) is 25.1 Å². The molecule has 1 aliphatic carbocycles. The monoisotopic (exact) mass is 215 g/mol. The fourth-order valence-electron chi connectivity index (χ4n) is 2.88. The molecule has 0 aromatic carbocycles. The molecule has 3 nitrogen and oxygen atoms in total. The van der Waals surface area contributed by atoms with Crippen LogP contribution >= 0.6 is 0 Å². The van der Waals surface area contributed by atoms with Crippen molar-refractivity contribution in [1.82, 2.24) is 5.32 Å². The summed E-state index contributed by atoms with van der Waals surface area (Å²) >= 11 is 0. The molecule has 90 valence electrons. The third kappa shape index (κ3) is 2.35. The fraction of sp³-hybridized carbons (Fsp3) is 1.00. The number of rotatable bonds is 6. The molecule has 0 aliphatic heterocycles. The van der Waals surface area contributed by atoms with Crippen LogP contribution in [0.25, 0.3) is 0 Å². The summed E-state index contributed by atoms with van der Waals surface area (Å²) in [5.74, 6) is 0. The number of aliphatic hydroxyl groups excluding tert-OH is 1. The van der Waals surface area contributed by atoms with Crippen molar-refractivity contribution in [2.75, 3.05) is 13.7 Å². The van der Waals surface area contributed by atoms with E-state index in [4.69, 9.17) is 4.74 Å². The van der Waals surface area contributed by atoms with Crippen LogP contribution in [0.15, 0.2) is 0 Å². The summed E-state index contributed by atoms with van der Waals surface area (Å²) in [6.07, 6.45) is 3.47. The van der Waals surface area contributed by atoms with Gasteiger partial charge < -0.3 is 15.2 Å². The highest BCUT2D eigenvalue weighted by Crippen LogP contribution is 2.48. The van der Waals surface area contributed by atoms with Crippen molar-refractivity contribution in [3.05, 3.63) is 0 Å². The van der Waals surface area contributed by atoms with Crippen molar-refractivity contribution in [1.29, 1.82) is 0 Å². The van der Waals surface area contributed by atoms with Gasteiger partial charge in [0.05, 0.1) is 12.2 Å². The molecular weight excluding hydrogens is 190 g/mol. The van der Waals surface area contributed by atoms with Crippen LogP contribution in [-0.2, 0) is 4.74 Å². The molecule has 3 atom stereocenters. The molecule has 0 aromatic heterocycles. The molecule has 0 heterocycles. The second kappa shape index (κ2) is 5.28. The summed E-state index contributed by atoms with van der Waals surface area (Å²) in [7, 11) is 1.80. The molecule has 0 bridgehead atoms. The van der Waals surface area contributed by atoms with Gasteiger partial charge in [-0.15, -0.1) is 0 Å². The highest BCUT2D eigenvalue weighted by atomic mass is 16.5. The second-order valence-corrected chi connectivity index (χ2v) is 4.71. The quantitative estimate of drug-likeness (QED) is 0.706. The maximum absolute atomic E-state index is 9.27. The Bertz CT molecular complexity index is 190. The Balaban J connectivity index is 2.52. The van der Waals surface area contributed by atoms with Crippen LogP contribution < -0.4 is 5.32 Å². The van der Waals surface area contributed by atoms with E-state index in [1.807, 2.05) is 6.92 Å². The topological polar surface area (TPSA) is 41.5 Å². The first-order chi connectivity index (χ1) is 7.10. The average molecular weight is 215 g/mol. The number of hydrogen-bond acceptors (Lipinski definition) is 3. The first-order valence-electron chi connectivity index (χ1n) is 6.05. The summed E-state index contributed by atoms with van der Waals surface area (Å²) in [6, 6.07) is 0.507. The van der Waals surface area contributed by atoms with Gasteiger partial charge in [-0.2, -0.15) is 0 Å². The van der Waals surface area contributed by atoms with Gasteiger partial charge in [0.1, 0.15) is 0 Å².